The molecule has 4 heteroatoms. The summed E-state index contributed by atoms with van der Waals surface area (Å²) in [5.41, 5.74) is 0. The van der Waals surface area contributed by atoms with Crippen LogP contribution in [0.5, 0.6) is 0 Å². The summed E-state index contributed by atoms with van der Waals surface area (Å²) in [7, 11) is 0. The summed E-state index contributed by atoms with van der Waals surface area (Å²) < 4.78 is 0. The molecule has 0 aromatic rings. The minimum absolute atomic E-state index is 0. The number of halogens is 2. The van der Waals surface area contributed by atoms with Crippen LogP contribution in [-0.2, 0) is 19.5 Å². The molecule has 0 N–H and O–H groups in total. The van der Waals surface area contributed by atoms with Crippen LogP contribution in [0.2, 0.25) is 0 Å². The van der Waals surface area contributed by atoms with Gasteiger partial charge < -0.3 is 0 Å². The van der Waals surface area contributed by atoms with Crippen LogP contribution in [0, 0.1) is 0 Å². The summed E-state index contributed by atoms with van der Waals surface area (Å²) >= 11 is 0. The van der Waals surface area contributed by atoms with Gasteiger partial charge in [0.05, 0.1) is 0 Å². The van der Waals surface area contributed by atoms with Crippen LogP contribution in [0.25, 0.3) is 0 Å². The zero-order chi connectivity index (χ0) is 0. The third-order valence-corrected chi connectivity index (χ3v) is 0. The van der Waals surface area contributed by atoms with E-state index in [0.29, 0.717) is 0 Å². The van der Waals surface area contributed by atoms with E-state index in [-0.39, 0.29) is 83.0 Å². The Morgan fingerprint density at radius 1 is 0.750 bits per heavy atom. The third-order valence-electron chi connectivity index (χ3n) is 0. The van der Waals surface area contributed by atoms with Gasteiger partial charge in [-0.15, -0.1) is 34.0 Å². The van der Waals surface area contributed by atoms with Crippen LogP contribution in [0.3, 0.4) is 0 Å². The van der Waals surface area contributed by atoms with Gasteiger partial charge in [0.2, 0.25) is 0 Å². The van der Waals surface area contributed by atoms with E-state index < -0.39 is 0 Å². The first-order valence-corrected chi connectivity index (χ1v) is 0. The first-order chi connectivity index (χ1) is 0. The molecule has 0 aromatic heterocycles. The van der Waals surface area contributed by atoms with Crippen molar-refractivity contribution in [2.24, 2.45) is 0 Å². The Morgan fingerprint density at radius 3 is 0.750 bits per heavy atom. The molecule has 0 amide bonds. The van der Waals surface area contributed by atoms with Gasteiger partial charge >= 0.3 is 29.6 Å². The average Bonchev–Trinajstić information content (AvgIpc) is 0. The van der Waals surface area contributed by atoms with Gasteiger partial charge in [-0.2, -0.15) is 0 Å². The van der Waals surface area contributed by atoms with Crippen molar-refractivity contribution in [3.8, 4) is 0 Å². The molecular weight excluding hydrogens is 248 g/mol. The fourth-order valence-corrected chi connectivity index (χ4v) is 0. The van der Waals surface area contributed by atoms with Crippen LogP contribution in [-0.4, -0.2) is 29.6 Å². The molecule has 0 nitrogen and oxygen atoms in total. The van der Waals surface area contributed by atoms with Crippen LogP contribution < -0.4 is 0 Å². The van der Waals surface area contributed by atoms with Crippen molar-refractivity contribution in [2.75, 3.05) is 0 Å². The Balaban J connectivity index is 0. The maximum Gasteiger partial charge on any atom is 0 e. The van der Waals surface area contributed by atoms with E-state index >= 15 is 0 Å². The molecule has 4 heavy (non-hydrogen) atoms. The Morgan fingerprint density at radius 2 is 0.750 bits per heavy atom. The van der Waals surface area contributed by atoms with E-state index in [1.807, 2.05) is 0 Å². The Bertz CT molecular complexity index is 6.00. The summed E-state index contributed by atoms with van der Waals surface area (Å²) in [6.45, 7) is 0. The fraction of sp³-hybridized carbons (Fsp3) is 0. The van der Waals surface area contributed by atoms with E-state index in [1.165, 1.54) is 0 Å². The quantitative estimate of drug-likeness (QED) is 0.550. The summed E-state index contributed by atoms with van der Waals surface area (Å²) in [6, 6.07) is 0. The minimum atomic E-state index is 0. The third kappa shape index (κ3) is 8.82. The van der Waals surface area contributed by atoms with E-state index in [4.69, 9.17) is 0 Å². The van der Waals surface area contributed by atoms with Gasteiger partial charge in [-0.25, -0.2) is 0 Å². The molecule has 0 bridgehead atoms. The predicted octanol–water partition coefficient (Wildman–Crippen LogP) is 0.505. The smallest absolute Gasteiger partial charge is 0 e. The molecule has 20 valence electrons. The average molecular weight is 251 g/mol. The van der Waals surface area contributed by atoms with E-state index in [2.05, 4.69) is 0 Å². The molecule has 0 atom stereocenters. The predicted molar refractivity (Wildman–Crippen MR) is 27.8 cm³/mol. The monoisotopic (exact) mass is 248 g/mol. The number of hydrogen-bond acceptors (Lipinski definition) is 0. The molecule has 0 spiro atoms. The summed E-state index contributed by atoms with van der Waals surface area (Å²) in [6.07, 6.45) is 0. The molecule has 0 heterocycles. The van der Waals surface area contributed by atoms with Crippen molar-refractivity contribution in [2.45, 2.75) is 0 Å². The fourth-order valence-electron chi connectivity index (χ4n) is 0. The van der Waals surface area contributed by atoms with Gasteiger partial charge in [0.25, 0.3) is 0 Å². The Labute approximate surface area is 81.7 Å². The molecule has 0 saturated carbocycles. The second kappa shape index (κ2) is 17.6. The number of hydrogen-bond donors (Lipinski definition) is 0. The molecule has 0 fully saturated rings. The molecule has 0 aliphatic carbocycles. The molecule has 0 aliphatic heterocycles. The summed E-state index contributed by atoms with van der Waals surface area (Å²) in [4.78, 5) is 0. The second-order valence-electron chi connectivity index (χ2n) is 0. The molecular formula is H3Br2NaZn. The summed E-state index contributed by atoms with van der Waals surface area (Å²) in [5, 5.41) is 0. The van der Waals surface area contributed by atoms with E-state index in [0.717, 1.165) is 0 Å². The van der Waals surface area contributed by atoms with Gasteiger partial charge in [0.1, 0.15) is 0 Å². The van der Waals surface area contributed by atoms with E-state index in [1.54, 1.807) is 0 Å². The van der Waals surface area contributed by atoms with Crippen LogP contribution in [0.4, 0.5) is 0 Å². The van der Waals surface area contributed by atoms with Crippen molar-refractivity contribution < 1.29 is 19.5 Å². The van der Waals surface area contributed by atoms with E-state index in [9.17, 15) is 0 Å². The Kier molecular flexibility index (Phi) is 135. The van der Waals surface area contributed by atoms with Gasteiger partial charge in [0.15, 0.2) is 0 Å². The van der Waals surface area contributed by atoms with Gasteiger partial charge in [-0.05, 0) is 0 Å². The zero-order valence-electron chi connectivity index (χ0n) is 1.52. The van der Waals surface area contributed by atoms with Gasteiger partial charge in [0, 0.05) is 19.5 Å². The minimum Gasteiger partial charge on any atom is 0 e. The van der Waals surface area contributed by atoms with Crippen molar-refractivity contribution in [1.29, 1.82) is 0 Å². The van der Waals surface area contributed by atoms with Crippen molar-refractivity contribution in [3.05, 3.63) is 0 Å². The maximum absolute atomic E-state index is 0. The normalized spacial score (nSPS) is 0. The van der Waals surface area contributed by atoms with Crippen LogP contribution in [0.1, 0.15) is 0 Å². The SMILES string of the molecule is Br.Br.[NaH].[Zn]. The second-order valence-corrected chi connectivity index (χ2v) is 0. The molecule has 0 aliphatic rings. The standard InChI is InChI=1S/2BrH.Na.Zn.H/h2*1H;;;. The first kappa shape index (κ1) is 30.8. The Hall–Kier alpha value is 2.58. The largest absolute Gasteiger partial charge is 0 e. The van der Waals surface area contributed by atoms with Crippen molar-refractivity contribution in [1.82, 2.24) is 0 Å². The molecule has 0 rings (SSSR count). The molecule has 0 radical (unpaired) electrons. The topological polar surface area (TPSA) is 0 Å². The van der Waals surface area contributed by atoms with Crippen molar-refractivity contribution >= 4 is 63.5 Å². The van der Waals surface area contributed by atoms with Crippen LogP contribution >= 0.6 is 34.0 Å². The molecule has 0 unspecified atom stereocenters. The zero-order valence-corrected chi connectivity index (χ0v) is 7.92. The van der Waals surface area contributed by atoms with Gasteiger partial charge in [-0.3, -0.25) is 0 Å². The van der Waals surface area contributed by atoms with Crippen molar-refractivity contribution in [3.63, 3.8) is 0 Å². The first-order valence-electron chi connectivity index (χ1n) is 0. The number of rotatable bonds is 0. The molecule has 0 aromatic carbocycles. The van der Waals surface area contributed by atoms with Crippen LogP contribution in [0.15, 0.2) is 0 Å². The van der Waals surface area contributed by atoms with Gasteiger partial charge in [-0.1, -0.05) is 0 Å². The summed E-state index contributed by atoms with van der Waals surface area (Å²) in [5.74, 6) is 0. The molecule has 0 saturated heterocycles. The maximum atomic E-state index is 0.